The molecule has 104 valence electrons. The van der Waals surface area contributed by atoms with Crippen molar-refractivity contribution in [2.45, 2.75) is 57.0 Å². The molecule has 0 aromatic heterocycles. The quantitative estimate of drug-likeness (QED) is 0.750. The van der Waals surface area contributed by atoms with E-state index in [1.54, 1.807) is 0 Å². The molecule has 18 heavy (non-hydrogen) atoms. The second-order valence-electron chi connectivity index (χ2n) is 6.35. The first-order chi connectivity index (χ1) is 8.93. The Balaban J connectivity index is 1.30. The highest BCUT2D eigenvalue weighted by molar-refractivity contribution is 4.95. The normalized spacial score (nSPS) is 34.0. The summed E-state index contributed by atoms with van der Waals surface area (Å²) >= 11 is 0. The SMILES string of the molecule is C1CCN(CCCNC2CCN3CCCC23)CC1. The number of rotatable bonds is 5. The molecule has 3 nitrogen and oxygen atoms in total. The fraction of sp³-hybridized carbons (Fsp3) is 1.00. The lowest BCUT2D eigenvalue weighted by atomic mass is 10.1. The largest absolute Gasteiger partial charge is 0.312 e. The lowest BCUT2D eigenvalue weighted by Gasteiger charge is -2.27. The molecular formula is C15H29N3. The molecule has 2 unspecified atom stereocenters. The van der Waals surface area contributed by atoms with Crippen molar-refractivity contribution >= 4 is 0 Å². The third-order valence-corrected chi connectivity index (χ3v) is 5.11. The minimum atomic E-state index is 0.800. The highest BCUT2D eigenvalue weighted by Gasteiger charge is 2.36. The van der Waals surface area contributed by atoms with E-state index in [4.69, 9.17) is 0 Å². The number of nitrogens with one attached hydrogen (secondary N) is 1. The lowest BCUT2D eigenvalue weighted by molar-refractivity contribution is 0.223. The van der Waals surface area contributed by atoms with Crippen LogP contribution in [0.4, 0.5) is 0 Å². The molecule has 0 spiro atoms. The standard InChI is InChI=1S/C15H29N3/c1-2-9-17(10-3-1)11-5-8-16-14-7-13-18-12-4-6-15(14)18/h14-16H,1-13H2. The van der Waals surface area contributed by atoms with Crippen LogP contribution in [-0.4, -0.2) is 61.2 Å². The number of fused-ring (bicyclic) bond motifs is 1. The molecule has 3 heteroatoms. The summed E-state index contributed by atoms with van der Waals surface area (Å²) in [6, 6.07) is 1.67. The summed E-state index contributed by atoms with van der Waals surface area (Å²) in [5, 5.41) is 3.82. The molecule has 0 saturated carbocycles. The van der Waals surface area contributed by atoms with E-state index < -0.39 is 0 Å². The minimum Gasteiger partial charge on any atom is -0.312 e. The maximum atomic E-state index is 3.82. The Kier molecular flexibility index (Phi) is 4.55. The van der Waals surface area contributed by atoms with E-state index in [1.165, 1.54) is 84.2 Å². The van der Waals surface area contributed by atoms with Crippen molar-refractivity contribution < 1.29 is 0 Å². The van der Waals surface area contributed by atoms with E-state index in [0.717, 1.165) is 12.1 Å². The van der Waals surface area contributed by atoms with Gasteiger partial charge in [0.1, 0.15) is 0 Å². The molecule has 0 bridgehead atoms. The maximum absolute atomic E-state index is 3.82. The third kappa shape index (κ3) is 3.06. The predicted molar refractivity (Wildman–Crippen MR) is 75.9 cm³/mol. The molecule has 0 aromatic rings. The average molecular weight is 251 g/mol. The summed E-state index contributed by atoms with van der Waals surface area (Å²) in [7, 11) is 0. The monoisotopic (exact) mass is 251 g/mol. The van der Waals surface area contributed by atoms with Gasteiger partial charge in [-0.1, -0.05) is 6.42 Å². The summed E-state index contributed by atoms with van der Waals surface area (Å²) in [6.45, 7) is 7.93. The number of hydrogen-bond acceptors (Lipinski definition) is 3. The van der Waals surface area contributed by atoms with E-state index in [2.05, 4.69) is 15.1 Å². The van der Waals surface area contributed by atoms with Crippen molar-refractivity contribution in [2.75, 3.05) is 39.3 Å². The third-order valence-electron chi connectivity index (χ3n) is 5.11. The molecule has 3 aliphatic rings. The van der Waals surface area contributed by atoms with E-state index in [-0.39, 0.29) is 0 Å². The van der Waals surface area contributed by atoms with Gasteiger partial charge in [-0.15, -0.1) is 0 Å². The molecule has 0 amide bonds. The van der Waals surface area contributed by atoms with Crippen LogP contribution in [0.1, 0.15) is 44.9 Å². The Bertz CT molecular complexity index is 250. The van der Waals surface area contributed by atoms with Crippen LogP contribution in [-0.2, 0) is 0 Å². The Labute approximate surface area is 112 Å². The highest BCUT2D eigenvalue weighted by Crippen LogP contribution is 2.27. The van der Waals surface area contributed by atoms with Crippen molar-refractivity contribution in [1.29, 1.82) is 0 Å². The lowest BCUT2D eigenvalue weighted by Crippen LogP contribution is -2.40. The van der Waals surface area contributed by atoms with Crippen molar-refractivity contribution in [1.82, 2.24) is 15.1 Å². The molecule has 0 radical (unpaired) electrons. The average Bonchev–Trinajstić information content (AvgIpc) is 3.00. The van der Waals surface area contributed by atoms with Crippen LogP contribution in [0, 0.1) is 0 Å². The van der Waals surface area contributed by atoms with Gasteiger partial charge in [-0.2, -0.15) is 0 Å². The summed E-state index contributed by atoms with van der Waals surface area (Å²) in [5.41, 5.74) is 0. The molecule has 3 saturated heterocycles. The zero-order chi connectivity index (χ0) is 12.2. The summed E-state index contributed by atoms with van der Waals surface area (Å²) < 4.78 is 0. The predicted octanol–water partition coefficient (Wildman–Crippen LogP) is 1.69. The van der Waals surface area contributed by atoms with Gasteiger partial charge in [-0.05, 0) is 71.2 Å². The maximum Gasteiger partial charge on any atom is 0.0250 e. The van der Waals surface area contributed by atoms with Crippen molar-refractivity contribution in [3.63, 3.8) is 0 Å². The molecule has 0 aliphatic carbocycles. The van der Waals surface area contributed by atoms with Gasteiger partial charge in [0.2, 0.25) is 0 Å². The van der Waals surface area contributed by atoms with Crippen LogP contribution in [0.5, 0.6) is 0 Å². The van der Waals surface area contributed by atoms with Gasteiger partial charge < -0.3 is 10.2 Å². The first-order valence-electron chi connectivity index (χ1n) is 8.13. The molecule has 0 aromatic carbocycles. The molecular weight excluding hydrogens is 222 g/mol. The van der Waals surface area contributed by atoms with E-state index >= 15 is 0 Å². The van der Waals surface area contributed by atoms with Crippen molar-refractivity contribution in [3.05, 3.63) is 0 Å². The second-order valence-corrected chi connectivity index (χ2v) is 6.35. The van der Waals surface area contributed by atoms with Crippen LogP contribution in [0.2, 0.25) is 0 Å². The van der Waals surface area contributed by atoms with Gasteiger partial charge in [-0.25, -0.2) is 0 Å². The van der Waals surface area contributed by atoms with E-state index in [1.807, 2.05) is 0 Å². The van der Waals surface area contributed by atoms with Gasteiger partial charge in [0.05, 0.1) is 0 Å². The Morgan fingerprint density at radius 3 is 2.67 bits per heavy atom. The number of hydrogen-bond donors (Lipinski definition) is 1. The van der Waals surface area contributed by atoms with Gasteiger partial charge in [0.15, 0.2) is 0 Å². The number of piperidine rings is 1. The molecule has 3 rings (SSSR count). The van der Waals surface area contributed by atoms with E-state index in [9.17, 15) is 0 Å². The zero-order valence-electron chi connectivity index (χ0n) is 11.7. The fourth-order valence-electron chi connectivity index (χ4n) is 4.09. The van der Waals surface area contributed by atoms with Gasteiger partial charge in [-0.3, -0.25) is 4.90 Å². The minimum absolute atomic E-state index is 0.800. The first-order valence-corrected chi connectivity index (χ1v) is 8.13. The Hall–Kier alpha value is -0.120. The number of likely N-dealkylation sites (tertiary alicyclic amines) is 1. The first kappa shape index (κ1) is 12.9. The Morgan fingerprint density at radius 1 is 0.889 bits per heavy atom. The zero-order valence-corrected chi connectivity index (χ0v) is 11.7. The van der Waals surface area contributed by atoms with Crippen LogP contribution < -0.4 is 5.32 Å². The fourth-order valence-corrected chi connectivity index (χ4v) is 4.09. The summed E-state index contributed by atoms with van der Waals surface area (Å²) in [5.74, 6) is 0. The van der Waals surface area contributed by atoms with Crippen LogP contribution in [0.15, 0.2) is 0 Å². The van der Waals surface area contributed by atoms with Crippen LogP contribution >= 0.6 is 0 Å². The molecule has 3 fully saturated rings. The smallest absolute Gasteiger partial charge is 0.0250 e. The topological polar surface area (TPSA) is 18.5 Å². The molecule has 3 aliphatic heterocycles. The van der Waals surface area contributed by atoms with Gasteiger partial charge >= 0.3 is 0 Å². The van der Waals surface area contributed by atoms with E-state index in [0.29, 0.717) is 0 Å². The van der Waals surface area contributed by atoms with Crippen LogP contribution in [0.25, 0.3) is 0 Å². The highest BCUT2D eigenvalue weighted by atomic mass is 15.2. The van der Waals surface area contributed by atoms with Gasteiger partial charge in [0.25, 0.3) is 0 Å². The Morgan fingerprint density at radius 2 is 1.78 bits per heavy atom. The molecule has 2 atom stereocenters. The van der Waals surface area contributed by atoms with Crippen molar-refractivity contribution in [2.24, 2.45) is 0 Å². The summed E-state index contributed by atoms with van der Waals surface area (Å²) in [4.78, 5) is 5.35. The molecule has 3 heterocycles. The van der Waals surface area contributed by atoms with Crippen LogP contribution in [0.3, 0.4) is 0 Å². The molecule has 1 N–H and O–H groups in total. The van der Waals surface area contributed by atoms with Crippen molar-refractivity contribution in [3.8, 4) is 0 Å². The summed E-state index contributed by atoms with van der Waals surface area (Å²) in [6.07, 6.45) is 9.88. The van der Waals surface area contributed by atoms with Gasteiger partial charge in [0, 0.05) is 18.6 Å². The number of nitrogens with zero attached hydrogens (tertiary/aromatic N) is 2. The second kappa shape index (κ2) is 6.36.